The largest absolute Gasteiger partial charge is 0.491 e. The van der Waals surface area contributed by atoms with E-state index >= 15 is 0 Å². The van der Waals surface area contributed by atoms with Gasteiger partial charge in [0.05, 0.1) is 18.5 Å². The SMILES string of the molecule is CCN(CC)Cc1nc2sc3c(c2c(=O)n1CCOc1cccc2ccccc12)CCCC3. The molecule has 33 heavy (non-hydrogen) atoms. The molecule has 6 heteroatoms. The Morgan fingerprint density at radius 3 is 2.70 bits per heavy atom. The highest BCUT2D eigenvalue weighted by Crippen LogP contribution is 2.34. The molecule has 0 amide bonds. The van der Waals surface area contributed by atoms with Crippen LogP contribution in [0.2, 0.25) is 0 Å². The molecule has 0 fully saturated rings. The minimum absolute atomic E-state index is 0.100. The number of hydrogen-bond donors (Lipinski definition) is 0. The first kappa shape index (κ1) is 22.1. The first-order chi connectivity index (χ1) is 16.2. The molecule has 0 saturated carbocycles. The van der Waals surface area contributed by atoms with Crippen LogP contribution in [0.3, 0.4) is 0 Å². The Kier molecular flexibility index (Phi) is 6.47. The molecule has 2 heterocycles. The number of ether oxygens (including phenoxy) is 1. The van der Waals surface area contributed by atoms with E-state index in [1.54, 1.807) is 11.3 Å². The molecule has 0 radical (unpaired) electrons. The third-order valence-corrected chi connectivity index (χ3v) is 7.92. The van der Waals surface area contributed by atoms with Crippen molar-refractivity contribution in [3.8, 4) is 5.75 Å². The summed E-state index contributed by atoms with van der Waals surface area (Å²) in [5.74, 6) is 1.70. The molecule has 1 aliphatic carbocycles. The van der Waals surface area contributed by atoms with Gasteiger partial charge in [-0.3, -0.25) is 14.3 Å². The molecular weight excluding hydrogens is 430 g/mol. The van der Waals surface area contributed by atoms with Crippen LogP contribution in [0.15, 0.2) is 47.3 Å². The Bertz CT molecular complexity index is 1330. The highest BCUT2D eigenvalue weighted by molar-refractivity contribution is 7.18. The molecule has 0 N–H and O–H groups in total. The van der Waals surface area contributed by atoms with Crippen LogP contribution in [0.5, 0.6) is 5.75 Å². The second kappa shape index (κ2) is 9.65. The summed E-state index contributed by atoms with van der Waals surface area (Å²) in [5.41, 5.74) is 1.35. The predicted molar refractivity (Wildman–Crippen MR) is 137 cm³/mol. The smallest absolute Gasteiger partial charge is 0.262 e. The quantitative estimate of drug-likeness (QED) is 0.352. The molecule has 0 atom stereocenters. The molecule has 0 unspecified atom stereocenters. The lowest BCUT2D eigenvalue weighted by Gasteiger charge is -2.21. The Morgan fingerprint density at radius 1 is 1.06 bits per heavy atom. The molecule has 0 spiro atoms. The van der Waals surface area contributed by atoms with E-state index in [4.69, 9.17) is 9.72 Å². The lowest BCUT2D eigenvalue weighted by molar-refractivity contribution is 0.267. The van der Waals surface area contributed by atoms with Gasteiger partial charge in [-0.05, 0) is 55.8 Å². The third kappa shape index (κ3) is 4.30. The minimum atomic E-state index is 0.100. The van der Waals surface area contributed by atoms with Gasteiger partial charge in [0.2, 0.25) is 0 Å². The maximum Gasteiger partial charge on any atom is 0.262 e. The Balaban J connectivity index is 1.49. The van der Waals surface area contributed by atoms with Crippen LogP contribution in [-0.2, 0) is 25.9 Å². The molecule has 2 aromatic carbocycles. The number of hydrogen-bond acceptors (Lipinski definition) is 5. The molecule has 172 valence electrons. The summed E-state index contributed by atoms with van der Waals surface area (Å²) in [6, 6.07) is 14.3. The molecule has 0 aliphatic heterocycles. The molecule has 0 saturated heterocycles. The Morgan fingerprint density at radius 2 is 1.85 bits per heavy atom. The minimum Gasteiger partial charge on any atom is -0.491 e. The van der Waals surface area contributed by atoms with Crippen molar-refractivity contribution in [2.75, 3.05) is 19.7 Å². The second-order valence-corrected chi connectivity index (χ2v) is 9.75. The number of benzene rings is 2. The van der Waals surface area contributed by atoms with Crippen molar-refractivity contribution in [2.45, 2.75) is 52.6 Å². The first-order valence-corrected chi connectivity index (χ1v) is 12.9. The normalized spacial score (nSPS) is 13.7. The highest BCUT2D eigenvalue weighted by atomic mass is 32.1. The van der Waals surface area contributed by atoms with Crippen molar-refractivity contribution in [3.63, 3.8) is 0 Å². The van der Waals surface area contributed by atoms with E-state index in [1.165, 1.54) is 16.9 Å². The van der Waals surface area contributed by atoms with Gasteiger partial charge in [0.15, 0.2) is 0 Å². The number of aromatic nitrogens is 2. The maximum absolute atomic E-state index is 13.8. The van der Waals surface area contributed by atoms with Crippen LogP contribution in [0.25, 0.3) is 21.0 Å². The van der Waals surface area contributed by atoms with Crippen molar-refractivity contribution in [1.29, 1.82) is 0 Å². The van der Waals surface area contributed by atoms with Gasteiger partial charge in [0, 0.05) is 10.3 Å². The van der Waals surface area contributed by atoms with E-state index in [1.807, 2.05) is 28.8 Å². The zero-order valence-electron chi connectivity index (χ0n) is 19.5. The topological polar surface area (TPSA) is 47.4 Å². The van der Waals surface area contributed by atoms with Crippen molar-refractivity contribution in [2.24, 2.45) is 0 Å². The lowest BCUT2D eigenvalue weighted by atomic mass is 9.97. The van der Waals surface area contributed by atoms with Gasteiger partial charge in [-0.2, -0.15) is 0 Å². The van der Waals surface area contributed by atoms with E-state index < -0.39 is 0 Å². The molecule has 0 bridgehead atoms. The van der Waals surface area contributed by atoms with Gasteiger partial charge in [-0.1, -0.05) is 50.2 Å². The van der Waals surface area contributed by atoms with Crippen LogP contribution >= 0.6 is 11.3 Å². The summed E-state index contributed by atoms with van der Waals surface area (Å²) in [7, 11) is 0. The van der Waals surface area contributed by atoms with Crippen molar-refractivity contribution < 1.29 is 4.74 Å². The number of aryl methyl sites for hydroxylation is 2. The maximum atomic E-state index is 13.8. The van der Waals surface area contributed by atoms with Crippen molar-refractivity contribution in [1.82, 2.24) is 14.5 Å². The fraction of sp³-hybridized carbons (Fsp3) is 0.407. The first-order valence-electron chi connectivity index (χ1n) is 12.1. The molecular formula is C27H31N3O2S. The molecule has 2 aromatic heterocycles. The summed E-state index contributed by atoms with van der Waals surface area (Å²) in [5, 5.41) is 3.10. The zero-order valence-corrected chi connectivity index (χ0v) is 20.3. The summed E-state index contributed by atoms with van der Waals surface area (Å²) in [6.07, 6.45) is 4.43. The van der Waals surface area contributed by atoms with Crippen molar-refractivity contribution >= 4 is 32.3 Å². The standard InChI is InChI=1S/C27H31N3O2S/c1-3-29(4-2)18-24-28-26-25(21-13-7-8-15-23(21)33-26)27(31)30(24)16-17-32-22-14-9-11-19-10-5-6-12-20(19)22/h5-6,9-12,14H,3-4,7-8,13,15-18H2,1-2H3. The fourth-order valence-corrected chi connectivity index (χ4v) is 6.12. The summed E-state index contributed by atoms with van der Waals surface area (Å²) in [4.78, 5) is 23.4. The van der Waals surface area contributed by atoms with Gasteiger partial charge in [0.1, 0.15) is 23.0 Å². The van der Waals surface area contributed by atoms with E-state index in [9.17, 15) is 4.79 Å². The van der Waals surface area contributed by atoms with E-state index in [-0.39, 0.29) is 5.56 Å². The highest BCUT2D eigenvalue weighted by Gasteiger charge is 2.22. The zero-order chi connectivity index (χ0) is 22.8. The lowest BCUT2D eigenvalue weighted by Crippen LogP contribution is -2.32. The molecule has 5 rings (SSSR count). The van der Waals surface area contributed by atoms with Gasteiger partial charge in [-0.25, -0.2) is 4.98 Å². The van der Waals surface area contributed by atoms with Crippen LogP contribution in [0, 0.1) is 0 Å². The number of rotatable bonds is 8. The Hall–Kier alpha value is -2.70. The van der Waals surface area contributed by atoms with Crippen molar-refractivity contribution in [3.05, 3.63) is 69.1 Å². The third-order valence-electron chi connectivity index (χ3n) is 6.74. The van der Waals surface area contributed by atoms with Gasteiger partial charge >= 0.3 is 0 Å². The fourth-order valence-electron chi connectivity index (χ4n) is 4.85. The monoisotopic (exact) mass is 461 g/mol. The van der Waals surface area contributed by atoms with E-state index in [0.717, 1.165) is 64.9 Å². The van der Waals surface area contributed by atoms with Gasteiger partial charge in [-0.15, -0.1) is 11.3 Å². The summed E-state index contributed by atoms with van der Waals surface area (Å²) < 4.78 is 8.07. The van der Waals surface area contributed by atoms with Crippen LogP contribution < -0.4 is 10.3 Å². The summed E-state index contributed by atoms with van der Waals surface area (Å²) in [6.45, 7) is 7.76. The van der Waals surface area contributed by atoms with E-state index in [0.29, 0.717) is 19.7 Å². The number of thiophene rings is 1. The predicted octanol–water partition coefficient (Wildman–Crippen LogP) is 5.41. The molecule has 1 aliphatic rings. The average molecular weight is 462 g/mol. The van der Waals surface area contributed by atoms with Gasteiger partial charge < -0.3 is 4.74 Å². The average Bonchev–Trinajstić information content (AvgIpc) is 3.22. The molecule has 4 aromatic rings. The number of nitrogens with zero attached hydrogens (tertiary/aromatic N) is 3. The van der Waals surface area contributed by atoms with Crippen LogP contribution in [0.1, 0.15) is 43.0 Å². The van der Waals surface area contributed by atoms with E-state index in [2.05, 4.69) is 36.9 Å². The summed E-state index contributed by atoms with van der Waals surface area (Å²) >= 11 is 1.73. The van der Waals surface area contributed by atoms with Crippen LogP contribution in [-0.4, -0.2) is 34.1 Å². The second-order valence-electron chi connectivity index (χ2n) is 8.66. The van der Waals surface area contributed by atoms with Crippen LogP contribution in [0.4, 0.5) is 0 Å². The molecule has 5 nitrogen and oxygen atoms in total. The number of fused-ring (bicyclic) bond motifs is 4. The van der Waals surface area contributed by atoms with Gasteiger partial charge in [0.25, 0.3) is 5.56 Å². The Labute approximate surface area is 198 Å².